The van der Waals surface area contributed by atoms with E-state index < -0.39 is 10.0 Å². The van der Waals surface area contributed by atoms with Crippen molar-refractivity contribution in [3.05, 3.63) is 35.5 Å². The van der Waals surface area contributed by atoms with Crippen molar-refractivity contribution in [3.63, 3.8) is 0 Å². The minimum Gasteiger partial charge on any atom is -0.337 e. The lowest BCUT2D eigenvalue weighted by atomic mass is 10.3. The SMILES string of the molecule is CCCC(=O)Nc1ccc(S(=O)(=O)Nc2onc(C)c2C)cc1. The van der Waals surface area contributed by atoms with Crippen molar-refractivity contribution in [2.75, 3.05) is 10.0 Å². The summed E-state index contributed by atoms with van der Waals surface area (Å²) < 4.78 is 31.9. The molecule has 2 aromatic rings. The molecule has 2 N–H and O–H groups in total. The third-order valence-corrected chi connectivity index (χ3v) is 4.66. The van der Waals surface area contributed by atoms with Crippen molar-refractivity contribution in [2.45, 2.75) is 38.5 Å². The summed E-state index contributed by atoms with van der Waals surface area (Å²) in [4.78, 5) is 11.6. The second kappa shape index (κ2) is 6.82. The van der Waals surface area contributed by atoms with E-state index in [-0.39, 0.29) is 16.7 Å². The lowest BCUT2D eigenvalue weighted by Gasteiger charge is -2.08. The maximum Gasteiger partial charge on any atom is 0.264 e. The Labute approximate surface area is 135 Å². The number of hydrogen-bond donors (Lipinski definition) is 2. The van der Waals surface area contributed by atoms with Crippen molar-refractivity contribution < 1.29 is 17.7 Å². The second-order valence-electron chi connectivity index (χ2n) is 5.15. The molecule has 0 spiro atoms. The van der Waals surface area contributed by atoms with Crippen LogP contribution in [-0.4, -0.2) is 19.5 Å². The molecule has 0 aliphatic heterocycles. The van der Waals surface area contributed by atoms with Crippen molar-refractivity contribution in [2.24, 2.45) is 0 Å². The highest BCUT2D eigenvalue weighted by atomic mass is 32.2. The second-order valence-corrected chi connectivity index (χ2v) is 6.83. The van der Waals surface area contributed by atoms with E-state index in [1.807, 2.05) is 6.92 Å². The molecule has 0 radical (unpaired) electrons. The lowest BCUT2D eigenvalue weighted by Crippen LogP contribution is -2.14. The Morgan fingerprint density at radius 1 is 1.22 bits per heavy atom. The fourth-order valence-electron chi connectivity index (χ4n) is 1.86. The van der Waals surface area contributed by atoms with Gasteiger partial charge in [-0.2, -0.15) is 0 Å². The molecular weight excluding hydrogens is 318 g/mol. The van der Waals surface area contributed by atoms with E-state index in [4.69, 9.17) is 4.52 Å². The minimum atomic E-state index is -3.77. The topological polar surface area (TPSA) is 101 Å². The van der Waals surface area contributed by atoms with Crippen LogP contribution in [0.25, 0.3) is 0 Å². The zero-order valence-electron chi connectivity index (χ0n) is 13.2. The highest BCUT2D eigenvalue weighted by Crippen LogP contribution is 2.22. The van der Waals surface area contributed by atoms with Crippen LogP contribution in [0, 0.1) is 13.8 Å². The highest BCUT2D eigenvalue weighted by molar-refractivity contribution is 7.92. The van der Waals surface area contributed by atoms with Crippen LogP contribution in [0.2, 0.25) is 0 Å². The van der Waals surface area contributed by atoms with E-state index in [0.29, 0.717) is 23.4 Å². The van der Waals surface area contributed by atoms with Gasteiger partial charge in [-0.3, -0.25) is 4.79 Å². The molecule has 0 saturated heterocycles. The summed E-state index contributed by atoms with van der Waals surface area (Å²) in [6.07, 6.45) is 1.17. The molecule has 2 rings (SSSR count). The van der Waals surface area contributed by atoms with Crippen LogP contribution in [0.5, 0.6) is 0 Å². The van der Waals surface area contributed by atoms with E-state index in [2.05, 4.69) is 15.2 Å². The first kappa shape index (κ1) is 17.0. The Hall–Kier alpha value is -2.35. The van der Waals surface area contributed by atoms with Crippen LogP contribution < -0.4 is 10.0 Å². The highest BCUT2D eigenvalue weighted by Gasteiger charge is 2.19. The Kier molecular flexibility index (Phi) is 5.05. The molecular formula is C15H19N3O4S. The zero-order valence-corrected chi connectivity index (χ0v) is 14.0. The number of sulfonamides is 1. The zero-order chi connectivity index (χ0) is 17.0. The molecule has 1 heterocycles. The Balaban J connectivity index is 2.14. The number of nitrogens with zero attached hydrogens (tertiary/aromatic N) is 1. The van der Waals surface area contributed by atoms with Gasteiger partial charge in [-0.25, -0.2) is 13.1 Å². The van der Waals surface area contributed by atoms with Crippen molar-refractivity contribution in [1.29, 1.82) is 0 Å². The summed E-state index contributed by atoms with van der Waals surface area (Å²) in [5.74, 6) is -0.00295. The van der Waals surface area contributed by atoms with Gasteiger partial charge >= 0.3 is 0 Å². The molecule has 0 aliphatic carbocycles. The smallest absolute Gasteiger partial charge is 0.264 e. The predicted molar refractivity (Wildman–Crippen MR) is 86.8 cm³/mol. The van der Waals surface area contributed by atoms with Crippen molar-refractivity contribution in [3.8, 4) is 0 Å². The third-order valence-electron chi connectivity index (χ3n) is 3.31. The standard InChI is InChI=1S/C15H19N3O4S/c1-4-5-14(19)16-12-6-8-13(9-7-12)23(20,21)18-15-10(2)11(3)17-22-15/h6-9,18H,4-5H2,1-3H3,(H,16,19). The maximum atomic E-state index is 12.3. The number of rotatable bonds is 6. The number of benzene rings is 1. The van der Waals surface area contributed by atoms with Gasteiger partial charge in [0.05, 0.1) is 10.6 Å². The number of aryl methyl sites for hydroxylation is 1. The summed E-state index contributed by atoms with van der Waals surface area (Å²) in [5, 5.41) is 6.41. The first-order chi connectivity index (χ1) is 10.8. The normalized spacial score (nSPS) is 11.3. The van der Waals surface area contributed by atoms with E-state index in [1.54, 1.807) is 26.0 Å². The first-order valence-corrected chi connectivity index (χ1v) is 8.67. The molecule has 0 atom stereocenters. The van der Waals surface area contributed by atoms with E-state index >= 15 is 0 Å². The van der Waals surface area contributed by atoms with E-state index in [0.717, 1.165) is 6.42 Å². The monoisotopic (exact) mass is 337 g/mol. The Morgan fingerprint density at radius 2 is 1.87 bits per heavy atom. The third kappa shape index (κ3) is 4.10. The molecule has 0 fully saturated rings. The average molecular weight is 337 g/mol. The number of carbonyl (C=O) groups excluding carboxylic acids is 1. The molecule has 0 bridgehead atoms. The van der Waals surface area contributed by atoms with E-state index in [1.165, 1.54) is 12.1 Å². The van der Waals surface area contributed by atoms with Crippen LogP contribution in [0.15, 0.2) is 33.7 Å². The summed E-state index contributed by atoms with van der Waals surface area (Å²) >= 11 is 0. The van der Waals surface area contributed by atoms with Gasteiger partial charge in [0.15, 0.2) is 0 Å². The Morgan fingerprint density at radius 3 is 2.39 bits per heavy atom. The Bertz CT molecular complexity index is 795. The van der Waals surface area contributed by atoms with Crippen molar-refractivity contribution >= 4 is 27.5 Å². The number of nitrogens with one attached hydrogen (secondary N) is 2. The summed E-state index contributed by atoms with van der Waals surface area (Å²) in [6.45, 7) is 5.36. The summed E-state index contributed by atoms with van der Waals surface area (Å²) in [7, 11) is -3.77. The molecule has 7 nitrogen and oxygen atoms in total. The number of anilines is 2. The molecule has 1 aromatic heterocycles. The average Bonchev–Trinajstić information content (AvgIpc) is 2.79. The molecule has 23 heavy (non-hydrogen) atoms. The minimum absolute atomic E-state index is 0.0689. The van der Waals surface area contributed by atoms with Gasteiger partial charge in [-0.15, -0.1) is 0 Å². The maximum absolute atomic E-state index is 12.3. The van der Waals surface area contributed by atoms with Gasteiger partial charge in [-0.1, -0.05) is 12.1 Å². The van der Waals surface area contributed by atoms with Gasteiger partial charge in [0, 0.05) is 17.7 Å². The van der Waals surface area contributed by atoms with Crippen LogP contribution >= 0.6 is 0 Å². The van der Waals surface area contributed by atoms with Crippen LogP contribution in [0.1, 0.15) is 31.0 Å². The van der Waals surface area contributed by atoms with Crippen molar-refractivity contribution in [1.82, 2.24) is 5.16 Å². The molecule has 0 aliphatic rings. The molecule has 0 unspecified atom stereocenters. The predicted octanol–water partition coefficient (Wildman–Crippen LogP) is 2.83. The van der Waals surface area contributed by atoms with Gasteiger partial charge in [0.25, 0.3) is 10.0 Å². The van der Waals surface area contributed by atoms with E-state index in [9.17, 15) is 13.2 Å². The molecule has 0 saturated carbocycles. The fraction of sp³-hybridized carbons (Fsp3) is 0.333. The van der Waals surface area contributed by atoms with Gasteiger partial charge in [-0.05, 0) is 44.5 Å². The number of hydrogen-bond acceptors (Lipinski definition) is 5. The molecule has 124 valence electrons. The summed E-state index contributed by atoms with van der Waals surface area (Å²) in [6, 6.07) is 5.92. The van der Waals surface area contributed by atoms with Gasteiger partial charge in [0.2, 0.25) is 11.8 Å². The molecule has 1 amide bonds. The van der Waals surface area contributed by atoms with Crippen LogP contribution in [-0.2, 0) is 14.8 Å². The quantitative estimate of drug-likeness (QED) is 0.844. The summed E-state index contributed by atoms with van der Waals surface area (Å²) in [5.41, 5.74) is 1.81. The number of carbonyl (C=O) groups is 1. The van der Waals surface area contributed by atoms with Crippen LogP contribution in [0.3, 0.4) is 0 Å². The van der Waals surface area contributed by atoms with Gasteiger partial charge in [0.1, 0.15) is 0 Å². The largest absolute Gasteiger partial charge is 0.337 e. The number of amides is 1. The molecule has 8 heteroatoms. The van der Waals surface area contributed by atoms with Gasteiger partial charge < -0.3 is 9.84 Å². The lowest BCUT2D eigenvalue weighted by molar-refractivity contribution is -0.116. The number of aromatic nitrogens is 1. The van der Waals surface area contributed by atoms with Crippen LogP contribution in [0.4, 0.5) is 11.6 Å². The molecule has 1 aromatic carbocycles. The first-order valence-electron chi connectivity index (χ1n) is 7.19. The fourth-order valence-corrected chi connectivity index (χ4v) is 2.91.